The fourth-order valence-corrected chi connectivity index (χ4v) is 1.36. The Morgan fingerprint density at radius 1 is 1.29 bits per heavy atom. The highest BCUT2D eigenvalue weighted by molar-refractivity contribution is 5.52. The van der Waals surface area contributed by atoms with Crippen LogP contribution in [0.2, 0.25) is 0 Å². The molecule has 0 aliphatic carbocycles. The molecular formula is C10H12N4. The minimum Gasteiger partial charge on any atom is -0.399 e. The number of anilines is 1. The number of aryl methyl sites for hydroxylation is 2. The first kappa shape index (κ1) is 8.74. The predicted octanol–water partition coefficient (Wildman–Crippen LogP) is 1.47. The first-order valence-electron chi connectivity index (χ1n) is 4.41. The number of hydrogen-bond acceptors (Lipinski definition) is 3. The Morgan fingerprint density at radius 3 is 2.64 bits per heavy atom. The van der Waals surface area contributed by atoms with E-state index in [0.29, 0.717) is 0 Å². The summed E-state index contributed by atoms with van der Waals surface area (Å²) in [7, 11) is 0. The highest BCUT2D eigenvalue weighted by atomic mass is 15.3. The van der Waals surface area contributed by atoms with Gasteiger partial charge in [0.25, 0.3) is 0 Å². The summed E-state index contributed by atoms with van der Waals surface area (Å²) in [5.74, 6) is 0.870. The largest absolute Gasteiger partial charge is 0.399 e. The summed E-state index contributed by atoms with van der Waals surface area (Å²) in [6, 6.07) is 5.87. The third-order valence-corrected chi connectivity index (χ3v) is 2.25. The molecule has 1 aromatic carbocycles. The van der Waals surface area contributed by atoms with Crippen molar-refractivity contribution in [3.63, 3.8) is 0 Å². The first-order chi connectivity index (χ1) is 6.68. The lowest BCUT2D eigenvalue weighted by Crippen LogP contribution is -1.97. The first-order valence-corrected chi connectivity index (χ1v) is 4.41. The zero-order chi connectivity index (χ0) is 10.1. The lowest BCUT2D eigenvalue weighted by Gasteiger charge is -2.06. The topological polar surface area (TPSA) is 56.7 Å². The Kier molecular flexibility index (Phi) is 1.96. The monoisotopic (exact) mass is 188 g/mol. The van der Waals surface area contributed by atoms with Gasteiger partial charge in [-0.3, -0.25) is 4.57 Å². The molecule has 0 spiro atoms. The maximum atomic E-state index is 5.74. The normalized spacial score (nSPS) is 10.4. The molecule has 0 fully saturated rings. The molecule has 0 aliphatic heterocycles. The quantitative estimate of drug-likeness (QED) is 0.689. The average Bonchev–Trinajstić information content (AvgIpc) is 2.57. The second kappa shape index (κ2) is 3.14. The van der Waals surface area contributed by atoms with Crippen LogP contribution in [0.15, 0.2) is 24.5 Å². The van der Waals surface area contributed by atoms with Gasteiger partial charge in [-0.1, -0.05) is 0 Å². The molecule has 0 amide bonds. The van der Waals surface area contributed by atoms with Gasteiger partial charge in [0.2, 0.25) is 0 Å². The van der Waals surface area contributed by atoms with E-state index in [1.54, 1.807) is 6.33 Å². The number of hydrogen-bond donors (Lipinski definition) is 1. The Balaban J connectivity index is 2.53. The second-order valence-corrected chi connectivity index (χ2v) is 3.29. The van der Waals surface area contributed by atoms with E-state index in [-0.39, 0.29) is 0 Å². The van der Waals surface area contributed by atoms with Crippen LogP contribution >= 0.6 is 0 Å². The van der Waals surface area contributed by atoms with E-state index in [1.807, 2.05) is 36.6 Å². The molecule has 2 aromatic rings. The number of nitrogens with two attached hydrogens (primary N) is 1. The van der Waals surface area contributed by atoms with Crippen molar-refractivity contribution >= 4 is 5.69 Å². The van der Waals surface area contributed by atoms with Crippen molar-refractivity contribution in [1.82, 2.24) is 14.8 Å². The molecule has 2 N–H and O–H groups in total. The van der Waals surface area contributed by atoms with Gasteiger partial charge >= 0.3 is 0 Å². The van der Waals surface area contributed by atoms with Crippen molar-refractivity contribution < 1.29 is 0 Å². The van der Waals surface area contributed by atoms with Gasteiger partial charge in [0.1, 0.15) is 12.2 Å². The standard InChI is InChI=1S/C10H12N4/c1-7-5-9(3-4-10(7)11)14-6-12-13-8(14)2/h3-6H,11H2,1-2H3. The van der Waals surface area contributed by atoms with Gasteiger partial charge in [0.15, 0.2) is 0 Å². The highest BCUT2D eigenvalue weighted by Gasteiger charge is 2.02. The minimum absolute atomic E-state index is 0.805. The van der Waals surface area contributed by atoms with Gasteiger partial charge in [-0.2, -0.15) is 0 Å². The smallest absolute Gasteiger partial charge is 0.134 e. The number of nitrogens with zero attached hydrogens (tertiary/aromatic N) is 3. The second-order valence-electron chi connectivity index (χ2n) is 3.29. The molecule has 0 saturated carbocycles. The fourth-order valence-electron chi connectivity index (χ4n) is 1.36. The van der Waals surface area contributed by atoms with E-state index >= 15 is 0 Å². The number of rotatable bonds is 1. The molecule has 4 nitrogen and oxygen atoms in total. The fraction of sp³-hybridized carbons (Fsp3) is 0.200. The summed E-state index contributed by atoms with van der Waals surface area (Å²) in [5, 5.41) is 7.76. The van der Waals surface area contributed by atoms with Crippen molar-refractivity contribution in [2.45, 2.75) is 13.8 Å². The third kappa shape index (κ3) is 1.35. The summed E-state index contributed by atoms with van der Waals surface area (Å²) in [6.07, 6.45) is 1.69. The average molecular weight is 188 g/mol. The van der Waals surface area contributed by atoms with Crippen molar-refractivity contribution in [1.29, 1.82) is 0 Å². The van der Waals surface area contributed by atoms with Crippen LogP contribution in [-0.2, 0) is 0 Å². The van der Waals surface area contributed by atoms with Gasteiger partial charge in [-0.25, -0.2) is 0 Å². The summed E-state index contributed by atoms with van der Waals surface area (Å²) in [4.78, 5) is 0. The highest BCUT2D eigenvalue weighted by Crippen LogP contribution is 2.16. The molecule has 0 saturated heterocycles. The predicted molar refractivity (Wildman–Crippen MR) is 55.2 cm³/mol. The van der Waals surface area contributed by atoms with Crippen molar-refractivity contribution in [2.24, 2.45) is 0 Å². The minimum atomic E-state index is 0.805. The molecule has 4 heteroatoms. The summed E-state index contributed by atoms with van der Waals surface area (Å²) < 4.78 is 1.92. The Morgan fingerprint density at radius 2 is 2.07 bits per heavy atom. The van der Waals surface area contributed by atoms with E-state index in [2.05, 4.69) is 10.2 Å². The number of benzene rings is 1. The van der Waals surface area contributed by atoms with Gasteiger partial charge in [-0.05, 0) is 37.6 Å². The van der Waals surface area contributed by atoms with E-state index in [0.717, 1.165) is 22.8 Å². The summed E-state index contributed by atoms with van der Waals surface area (Å²) >= 11 is 0. The van der Waals surface area contributed by atoms with Crippen LogP contribution in [0.3, 0.4) is 0 Å². The molecule has 2 rings (SSSR count). The Hall–Kier alpha value is -1.84. The zero-order valence-electron chi connectivity index (χ0n) is 8.23. The summed E-state index contributed by atoms with van der Waals surface area (Å²) in [5.41, 5.74) is 8.65. The molecule has 1 aromatic heterocycles. The van der Waals surface area contributed by atoms with Crippen molar-refractivity contribution in [3.05, 3.63) is 35.9 Å². The van der Waals surface area contributed by atoms with E-state index in [1.165, 1.54) is 0 Å². The van der Waals surface area contributed by atoms with E-state index in [4.69, 9.17) is 5.73 Å². The molecule has 72 valence electrons. The SMILES string of the molecule is Cc1cc(-n2cnnc2C)ccc1N. The zero-order valence-corrected chi connectivity index (χ0v) is 8.23. The summed E-state index contributed by atoms with van der Waals surface area (Å²) in [6.45, 7) is 3.90. The third-order valence-electron chi connectivity index (χ3n) is 2.25. The lowest BCUT2D eigenvalue weighted by molar-refractivity contribution is 0.968. The van der Waals surface area contributed by atoms with Crippen LogP contribution in [-0.4, -0.2) is 14.8 Å². The maximum Gasteiger partial charge on any atom is 0.134 e. The van der Waals surface area contributed by atoms with Gasteiger partial charge < -0.3 is 5.73 Å². The van der Waals surface area contributed by atoms with Gasteiger partial charge in [0.05, 0.1) is 0 Å². The molecular weight excluding hydrogens is 176 g/mol. The Bertz CT molecular complexity index is 459. The van der Waals surface area contributed by atoms with Crippen LogP contribution in [0, 0.1) is 13.8 Å². The van der Waals surface area contributed by atoms with Crippen LogP contribution in [0.4, 0.5) is 5.69 Å². The van der Waals surface area contributed by atoms with Gasteiger partial charge in [-0.15, -0.1) is 10.2 Å². The molecule has 0 bridgehead atoms. The van der Waals surface area contributed by atoms with Crippen LogP contribution in [0.1, 0.15) is 11.4 Å². The van der Waals surface area contributed by atoms with Gasteiger partial charge in [0, 0.05) is 11.4 Å². The van der Waals surface area contributed by atoms with Crippen molar-refractivity contribution in [2.75, 3.05) is 5.73 Å². The lowest BCUT2D eigenvalue weighted by atomic mass is 10.2. The molecule has 14 heavy (non-hydrogen) atoms. The molecule has 0 aliphatic rings. The van der Waals surface area contributed by atoms with E-state index < -0.39 is 0 Å². The van der Waals surface area contributed by atoms with Crippen molar-refractivity contribution in [3.8, 4) is 5.69 Å². The Labute approximate surface area is 82.4 Å². The molecule has 0 unspecified atom stereocenters. The van der Waals surface area contributed by atoms with Crippen LogP contribution in [0.25, 0.3) is 5.69 Å². The number of aromatic nitrogens is 3. The molecule has 0 atom stereocenters. The van der Waals surface area contributed by atoms with Crippen LogP contribution in [0.5, 0.6) is 0 Å². The molecule has 0 radical (unpaired) electrons. The number of nitrogen functional groups attached to an aromatic ring is 1. The van der Waals surface area contributed by atoms with E-state index in [9.17, 15) is 0 Å². The van der Waals surface area contributed by atoms with Crippen LogP contribution < -0.4 is 5.73 Å². The maximum absolute atomic E-state index is 5.74. The molecule has 1 heterocycles.